The van der Waals surface area contributed by atoms with Crippen LogP contribution in [0.4, 0.5) is 4.39 Å². The molecule has 2 rings (SSSR count). The fraction of sp³-hybridized carbons (Fsp3) is 0.278. The number of rotatable bonds is 7. The third-order valence-electron chi connectivity index (χ3n) is 3.60. The lowest BCUT2D eigenvalue weighted by Gasteiger charge is -2.10. The standard InChI is InChI=1S/C18H21BrFN3O2/c1-24-16-6-3-12(9-17(16)25-2)7-8-22-18(21)23-11-13-10-14(19)4-5-15(13)20/h3-6,9-10H,7-8,11H2,1-2H3,(H3,21,22,23). The van der Waals surface area contributed by atoms with E-state index in [9.17, 15) is 4.39 Å². The van der Waals surface area contributed by atoms with Gasteiger partial charge >= 0.3 is 0 Å². The van der Waals surface area contributed by atoms with Crippen molar-refractivity contribution in [3.05, 3.63) is 57.8 Å². The number of aliphatic imine (C=N–C) groups is 1. The van der Waals surface area contributed by atoms with Crippen molar-refractivity contribution in [1.29, 1.82) is 0 Å². The molecule has 2 aromatic rings. The predicted molar refractivity (Wildman–Crippen MR) is 101 cm³/mol. The summed E-state index contributed by atoms with van der Waals surface area (Å²) < 4.78 is 24.9. The quantitative estimate of drug-likeness (QED) is 0.543. The first-order valence-corrected chi connectivity index (χ1v) is 8.51. The molecule has 0 bridgehead atoms. The molecule has 0 saturated carbocycles. The molecule has 0 aliphatic rings. The van der Waals surface area contributed by atoms with Gasteiger partial charge in [0.05, 0.1) is 20.8 Å². The SMILES string of the molecule is COc1ccc(CCNC(N)=NCc2cc(Br)ccc2F)cc1OC. The van der Waals surface area contributed by atoms with Gasteiger partial charge in [0.2, 0.25) is 0 Å². The number of benzene rings is 2. The zero-order chi connectivity index (χ0) is 18.2. The van der Waals surface area contributed by atoms with E-state index in [1.165, 1.54) is 6.07 Å². The van der Waals surface area contributed by atoms with E-state index in [0.717, 1.165) is 16.5 Å². The Bertz CT molecular complexity index is 753. The number of hydrogen-bond acceptors (Lipinski definition) is 3. The lowest BCUT2D eigenvalue weighted by Crippen LogP contribution is -2.33. The highest BCUT2D eigenvalue weighted by Crippen LogP contribution is 2.27. The van der Waals surface area contributed by atoms with E-state index in [0.29, 0.717) is 23.6 Å². The molecule has 0 saturated heterocycles. The first-order chi connectivity index (χ1) is 12.0. The molecule has 134 valence electrons. The molecule has 3 N–H and O–H groups in total. The molecule has 0 atom stereocenters. The number of nitrogens with zero attached hydrogens (tertiary/aromatic N) is 1. The van der Waals surface area contributed by atoms with Crippen molar-refractivity contribution >= 4 is 21.9 Å². The van der Waals surface area contributed by atoms with Crippen LogP contribution in [-0.4, -0.2) is 26.7 Å². The van der Waals surface area contributed by atoms with Crippen LogP contribution < -0.4 is 20.5 Å². The Morgan fingerprint density at radius 2 is 1.92 bits per heavy atom. The number of halogens is 2. The molecule has 25 heavy (non-hydrogen) atoms. The zero-order valence-corrected chi connectivity index (χ0v) is 15.8. The Hall–Kier alpha value is -2.28. The van der Waals surface area contributed by atoms with Crippen LogP contribution in [0.25, 0.3) is 0 Å². The molecule has 5 nitrogen and oxygen atoms in total. The van der Waals surface area contributed by atoms with Crippen molar-refractivity contribution in [2.24, 2.45) is 10.7 Å². The van der Waals surface area contributed by atoms with Crippen LogP contribution in [-0.2, 0) is 13.0 Å². The Balaban J connectivity index is 1.87. The molecule has 2 aromatic carbocycles. The van der Waals surface area contributed by atoms with E-state index in [-0.39, 0.29) is 18.3 Å². The van der Waals surface area contributed by atoms with Crippen LogP contribution in [0.15, 0.2) is 45.9 Å². The van der Waals surface area contributed by atoms with Crippen molar-refractivity contribution in [2.75, 3.05) is 20.8 Å². The van der Waals surface area contributed by atoms with Gasteiger partial charge in [-0.3, -0.25) is 0 Å². The van der Waals surface area contributed by atoms with Gasteiger partial charge in [-0.2, -0.15) is 0 Å². The van der Waals surface area contributed by atoms with Gasteiger partial charge in [0.1, 0.15) is 5.82 Å². The van der Waals surface area contributed by atoms with Gasteiger partial charge in [-0.05, 0) is 42.3 Å². The lowest BCUT2D eigenvalue weighted by atomic mass is 10.1. The second-order valence-electron chi connectivity index (χ2n) is 5.30. The summed E-state index contributed by atoms with van der Waals surface area (Å²) in [6, 6.07) is 10.5. The fourth-order valence-electron chi connectivity index (χ4n) is 2.26. The maximum absolute atomic E-state index is 13.7. The van der Waals surface area contributed by atoms with Crippen molar-refractivity contribution in [3.8, 4) is 11.5 Å². The minimum absolute atomic E-state index is 0.181. The summed E-state index contributed by atoms with van der Waals surface area (Å²) in [5, 5.41) is 3.02. The van der Waals surface area contributed by atoms with Crippen molar-refractivity contribution < 1.29 is 13.9 Å². The van der Waals surface area contributed by atoms with Gasteiger partial charge in [0, 0.05) is 16.6 Å². The van der Waals surface area contributed by atoms with E-state index >= 15 is 0 Å². The highest BCUT2D eigenvalue weighted by molar-refractivity contribution is 9.10. The van der Waals surface area contributed by atoms with E-state index in [1.807, 2.05) is 18.2 Å². The smallest absolute Gasteiger partial charge is 0.188 e. The van der Waals surface area contributed by atoms with Gasteiger partial charge < -0.3 is 20.5 Å². The average Bonchev–Trinajstić information content (AvgIpc) is 2.62. The number of ether oxygens (including phenoxy) is 2. The summed E-state index contributed by atoms with van der Waals surface area (Å²) in [7, 11) is 3.20. The maximum atomic E-state index is 13.7. The average molecular weight is 410 g/mol. The second kappa shape index (κ2) is 9.27. The molecule has 0 unspecified atom stereocenters. The van der Waals surface area contributed by atoms with Crippen LogP contribution in [0.2, 0.25) is 0 Å². The summed E-state index contributed by atoms with van der Waals surface area (Å²) in [6.45, 7) is 0.784. The summed E-state index contributed by atoms with van der Waals surface area (Å²) >= 11 is 3.31. The van der Waals surface area contributed by atoms with Gasteiger partial charge in [-0.25, -0.2) is 9.38 Å². The molecule has 7 heteroatoms. The Kier molecular flexibility index (Phi) is 7.06. The molecule has 0 aromatic heterocycles. The molecule has 0 radical (unpaired) electrons. The molecule has 0 spiro atoms. The summed E-state index contributed by atoms with van der Waals surface area (Å²) in [4.78, 5) is 4.17. The molecule has 0 heterocycles. The molecular formula is C18H21BrFN3O2. The minimum Gasteiger partial charge on any atom is -0.493 e. The fourth-order valence-corrected chi connectivity index (χ4v) is 2.67. The van der Waals surface area contributed by atoms with Gasteiger partial charge in [0.15, 0.2) is 17.5 Å². The third-order valence-corrected chi connectivity index (χ3v) is 4.09. The van der Waals surface area contributed by atoms with Crippen molar-refractivity contribution in [2.45, 2.75) is 13.0 Å². The highest BCUT2D eigenvalue weighted by atomic mass is 79.9. The normalized spacial score (nSPS) is 11.3. The number of guanidine groups is 1. The highest BCUT2D eigenvalue weighted by Gasteiger charge is 2.05. The predicted octanol–water partition coefficient (Wildman–Crippen LogP) is 3.25. The van der Waals surface area contributed by atoms with Crippen LogP contribution in [0.1, 0.15) is 11.1 Å². The van der Waals surface area contributed by atoms with E-state index in [2.05, 4.69) is 26.2 Å². The molecule has 0 aliphatic heterocycles. The maximum Gasteiger partial charge on any atom is 0.188 e. The largest absolute Gasteiger partial charge is 0.493 e. The molecule has 0 fully saturated rings. The lowest BCUT2D eigenvalue weighted by molar-refractivity contribution is 0.354. The van der Waals surface area contributed by atoms with E-state index < -0.39 is 0 Å². The minimum atomic E-state index is -0.301. The second-order valence-corrected chi connectivity index (χ2v) is 6.22. The van der Waals surface area contributed by atoms with E-state index in [1.54, 1.807) is 26.4 Å². The van der Waals surface area contributed by atoms with Gasteiger partial charge in [-0.1, -0.05) is 22.0 Å². The molecular weight excluding hydrogens is 389 g/mol. The molecule has 0 aliphatic carbocycles. The Labute approximate surface area is 155 Å². The summed E-state index contributed by atoms with van der Waals surface area (Å²) in [6.07, 6.45) is 0.738. The van der Waals surface area contributed by atoms with Gasteiger partial charge in [0.25, 0.3) is 0 Å². The van der Waals surface area contributed by atoms with Crippen molar-refractivity contribution in [3.63, 3.8) is 0 Å². The number of nitrogens with two attached hydrogens (primary N) is 1. The van der Waals surface area contributed by atoms with Crippen LogP contribution >= 0.6 is 15.9 Å². The Morgan fingerprint density at radius 3 is 2.64 bits per heavy atom. The summed E-state index contributed by atoms with van der Waals surface area (Å²) in [5.74, 6) is 1.35. The first-order valence-electron chi connectivity index (χ1n) is 7.72. The number of hydrogen-bond donors (Lipinski definition) is 2. The van der Waals surface area contributed by atoms with Crippen molar-refractivity contribution in [1.82, 2.24) is 5.32 Å². The monoisotopic (exact) mass is 409 g/mol. The summed E-state index contributed by atoms with van der Waals surface area (Å²) in [5.41, 5.74) is 7.40. The number of methoxy groups -OCH3 is 2. The topological polar surface area (TPSA) is 68.9 Å². The van der Waals surface area contributed by atoms with Crippen LogP contribution in [0.5, 0.6) is 11.5 Å². The first kappa shape index (κ1) is 19.1. The third kappa shape index (κ3) is 5.63. The Morgan fingerprint density at radius 1 is 1.16 bits per heavy atom. The van der Waals surface area contributed by atoms with Crippen LogP contribution in [0, 0.1) is 5.82 Å². The van der Waals surface area contributed by atoms with Gasteiger partial charge in [-0.15, -0.1) is 0 Å². The van der Waals surface area contributed by atoms with Crippen LogP contribution in [0.3, 0.4) is 0 Å². The van der Waals surface area contributed by atoms with E-state index in [4.69, 9.17) is 15.2 Å². The number of nitrogens with one attached hydrogen (secondary N) is 1. The molecule has 0 amide bonds. The zero-order valence-electron chi connectivity index (χ0n) is 14.2.